The van der Waals surface area contributed by atoms with Gasteiger partial charge in [-0.05, 0) is 44.0 Å². The van der Waals surface area contributed by atoms with Gasteiger partial charge < -0.3 is 15.4 Å². The monoisotopic (exact) mass is 338 g/mol. The standard InChI is InChI=1S/C21H26N2O2/c1-16-14-18(12-13-22-16)21(24)23-20(17-8-4-2-5-9-17)15-25-19-10-6-3-7-11-19/h2-11,16,18,20,22H,12-15H2,1H3,(H,23,24)/t16-,18-,20?/m0/s1. The summed E-state index contributed by atoms with van der Waals surface area (Å²) in [5.74, 6) is 1.01. The van der Waals surface area contributed by atoms with Crippen LogP contribution in [0.25, 0.3) is 0 Å². The Hall–Kier alpha value is -2.33. The molecule has 2 aromatic rings. The van der Waals surface area contributed by atoms with E-state index in [1.807, 2.05) is 60.7 Å². The number of hydrogen-bond acceptors (Lipinski definition) is 3. The van der Waals surface area contributed by atoms with E-state index in [9.17, 15) is 4.79 Å². The SMILES string of the molecule is C[C@H]1C[C@@H](C(=O)NC(COc2ccccc2)c2ccccc2)CCN1. The van der Waals surface area contributed by atoms with Crippen molar-refractivity contribution >= 4 is 5.91 Å². The molecule has 25 heavy (non-hydrogen) atoms. The third kappa shape index (κ3) is 5.07. The Bertz CT molecular complexity index is 660. The number of carbonyl (C=O) groups is 1. The first kappa shape index (κ1) is 17.5. The Morgan fingerprint density at radius 3 is 2.52 bits per heavy atom. The molecule has 0 saturated carbocycles. The van der Waals surface area contributed by atoms with Crippen LogP contribution in [0.15, 0.2) is 60.7 Å². The second-order valence-electron chi connectivity index (χ2n) is 6.67. The van der Waals surface area contributed by atoms with E-state index in [4.69, 9.17) is 4.74 Å². The van der Waals surface area contributed by atoms with Crippen LogP contribution in [-0.2, 0) is 4.79 Å². The zero-order valence-electron chi connectivity index (χ0n) is 14.7. The quantitative estimate of drug-likeness (QED) is 0.849. The van der Waals surface area contributed by atoms with Gasteiger partial charge in [-0.3, -0.25) is 4.79 Å². The number of benzene rings is 2. The van der Waals surface area contributed by atoms with Crippen molar-refractivity contribution in [3.63, 3.8) is 0 Å². The normalized spacial score (nSPS) is 21.3. The number of ether oxygens (including phenoxy) is 1. The molecule has 0 aliphatic carbocycles. The average Bonchev–Trinajstić information content (AvgIpc) is 2.66. The van der Waals surface area contributed by atoms with Gasteiger partial charge in [0.05, 0.1) is 6.04 Å². The molecule has 4 nitrogen and oxygen atoms in total. The maximum atomic E-state index is 12.7. The Labute approximate surface area is 149 Å². The van der Waals surface area contributed by atoms with Gasteiger partial charge in [0, 0.05) is 12.0 Å². The van der Waals surface area contributed by atoms with E-state index in [2.05, 4.69) is 17.6 Å². The molecule has 1 amide bonds. The Kier molecular flexibility index (Phi) is 6.07. The maximum absolute atomic E-state index is 12.7. The molecule has 0 aromatic heterocycles. The van der Waals surface area contributed by atoms with Crippen LogP contribution in [0.2, 0.25) is 0 Å². The molecular formula is C21H26N2O2. The van der Waals surface area contributed by atoms with Gasteiger partial charge >= 0.3 is 0 Å². The molecule has 4 heteroatoms. The van der Waals surface area contributed by atoms with Gasteiger partial charge in [0.2, 0.25) is 5.91 Å². The van der Waals surface area contributed by atoms with E-state index in [1.165, 1.54) is 0 Å². The lowest BCUT2D eigenvalue weighted by Gasteiger charge is -2.29. The minimum Gasteiger partial charge on any atom is -0.491 e. The third-order valence-electron chi connectivity index (χ3n) is 4.67. The lowest BCUT2D eigenvalue weighted by Crippen LogP contribution is -2.44. The largest absolute Gasteiger partial charge is 0.491 e. The van der Waals surface area contributed by atoms with E-state index in [-0.39, 0.29) is 17.9 Å². The molecule has 0 bridgehead atoms. The summed E-state index contributed by atoms with van der Waals surface area (Å²) in [5.41, 5.74) is 1.06. The lowest BCUT2D eigenvalue weighted by molar-refractivity contribution is -0.127. The molecule has 1 saturated heterocycles. The van der Waals surface area contributed by atoms with E-state index >= 15 is 0 Å². The van der Waals surface area contributed by atoms with Crippen LogP contribution in [0.4, 0.5) is 0 Å². The van der Waals surface area contributed by atoms with Crippen molar-refractivity contribution in [1.82, 2.24) is 10.6 Å². The van der Waals surface area contributed by atoms with Crippen LogP contribution in [0.1, 0.15) is 31.4 Å². The number of para-hydroxylation sites is 1. The summed E-state index contributed by atoms with van der Waals surface area (Å²) in [5, 5.41) is 6.60. The first-order valence-electron chi connectivity index (χ1n) is 8.99. The van der Waals surface area contributed by atoms with E-state index in [1.54, 1.807) is 0 Å². The zero-order valence-corrected chi connectivity index (χ0v) is 14.7. The summed E-state index contributed by atoms with van der Waals surface area (Å²) < 4.78 is 5.90. The van der Waals surface area contributed by atoms with Crippen molar-refractivity contribution in [2.24, 2.45) is 5.92 Å². The number of amides is 1. The number of piperidine rings is 1. The molecule has 2 aromatic carbocycles. The Balaban J connectivity index is 1.67. The summed E-state index contributed by atoms with van der Waals surface area (Å²) >= 11 is 0. The van der Waals surface area contributed by atoms with Crippen LogP contribution in [0.5, 0.6) is 5.75 Å². The highest BCUT2D eigenvalue weighted by molar-refractivity contribution is 5.79. The minimum atomic E-state index is -0.154. The summed E-state index contributed by atoms with van der Waals surface area (Å²) in [6.45, 7) is 3.45. The highest BCUT2D eigenvalue weighted by Crippen LogP contribution is 2.20. The van der Waals surface area contributed by atoms with Gasteiger partial charge in [-0.15, -0.1) is 0 Å². The van der Waals surface area contributed by atoms with Gasteiger partial charge in [-0.2, -0.15) is 0 Å². The van der Waals surface area contributed by atoms with E-state index < -0.39 is 0 Å². The van der Waals surface area contributed by atoms with Crippen molar-refractivity contribution in [3.05, 3.63) is 66.2 Å². The van der Waals surface area contributed by atoms with Crippen LogP contribution in [0, 0.1) is 5.92 Å². The van der Waals surface area contributed by atoms with Crippen LogP contribution >= 0.6 is 0 Å². The average molecular weight is 338 g/mol. The van der Waals surface area contributed by atoms with Crippen molar-refractivity contribution in [2.75, 3.05) is 13.2 Å². The maximum Gasteiger partial charge on any atom is 0.223 e. The van der Waals surface area contributed by atoms with E-state index in [0.717, 1.165) is 30.7 Å². The van der Waals surface area contributed by atoms with Gasteiger partial charge in [0.15, 0.2) is 0 Å². The Morgan fingerprint density at radius 1 is 1.16 bits per heavy atom. The fourth-order valence-corrected chi connectivity index (χ4v) is 3.26. The highest BCUT2D eigenvalue weighted by Gasteiger charge is 2.27. The molecular weight excluding hydrogens is 312 g/mol. The molecule has 132 valence electrons. The first-order valence-corrected chi connectivity index (χ1v) is 8.99. The molecule has 2 N–H and O–H groups in total. The van der Waals surface area contributed by atoms with Gasteiger partial charge in [-0.25, -0.2) is 0 Å². The molecule has 1 heterocycles. The number of hydrogen-bond donors (Lipinski definition) is 2. The zero-order chi connectivity index (χ0) is 17.5. The number of rotatable bonds is 6. The van der Waals surface area contributed by atoms with Gasteiger partial charge in [-0.1, -0.05) is 48.5 Å². The molecule has 1 aliphatic rings. The highest BCUT2D eigenvalue weighted by atomic mass is 16.5. The van der Waals surface area contributed by atoms with Crippen molar-refractivity contribution in [2.45, 2.75) is 31.8 Å². The van der Waals surface area contributed by atoms with Crippen molar-refractivity contribution in [1.29, 1.82) is 0 Å². The van der Waals surface area contributed by atoms with Gasteiger partial charge in [0.1, 0.15) is 12.4 Å². The van der Waals surface area contributed by atoms with Crippen LogP contribution in [-0.4, -0.2) is 25.1 Å². The van der Waals surface area contributed by atoms with Crippen molar-refractivity contribution < 1.29 is 9.53 Å². The summed E-state index contributed by atoms with van der Waals surface area (Å²) in [4.78, 5) is 12.7. The second kappa shape index (κ2) is 8.67. The predicted molar refractivity (Wildman–Crippen MR) is 99.5 cm³/mol. The fourth-order valence-electron chi connectivity index (χ4n) is 3.26. The second-order valence-corrected chi connectivity index (χ2v) is 6.67. The number of carbonyl (C=O) groups excluding carboxylic acids is 1. The summed E-state index contributed by atoms with van der Waals surface area (Å²) in [6, 6.07) is 20.0. The molecule has 1 unspecified atom stereocenters. The summed E-state index contributed by atoms with van der Waals surface area (Å²) in [6.07, 6.45) is 1.77. The Morgan fingerprint density at radius 2 is 1.84 bits per heavy atom. The predicted octanol–water partition coefficient (Wildman–Crippen LogP) is 3.31. The van der Waals surface area contributed by atoms with Crippen molar-refractivity contribution in [3.8, 4) is 5.75 Å². The fraction of sp³-hybridized carbons (Fsp3) is 0.381. The molecule has 0 spiro atoms. The van der Waals surface area contributed by atoms with Crippen LogP contribution in [0.3, 0.4) is 0 Å². The molecule has 1 aliphatic heterocycles. The summed E-state index contributed by atoms with van der Waals surface area (Å²) in [7, 11) is 0. The molecule has 3 rings (SSSR count). The molecule has 3 atom stereocenters. The molecule has 0 radical (unpaired) electrons. The topological polar surface area (TPSA) is 50.4 Å². The third-order valence-corrected chi connectivity index (χ3v) is 4.67. The lowest BCUT2D eigenvalue weighted by atomic mass is 9.92. The number of nitrogens with one attached hydrogen (secondary N) is 2. The molecule has 1 fully saturated rings. The van der Waals surface area contributed by atoms with Crippen LogP contribution < -0.4 is 15.4 Å². The van der Waals surface area contributed by atoms with Gasteiger partial charge in [0.25, 0.3) is 0 Å². The smallest absolute Gasteiger partial charge is 0.223 e. The first-order chi connectivity index (χ1) is 12.2. The van der Waals surface area contributed by atoms with E-state index in [0.29, 0.717) is 12.6 Å². The minimum absolute atomic E-state index is 0.0687.